The lowest BCUT2D eigenvalue weighted by Gasteiger charge is -2.06. The van der Waals surface area contributed by atoms with Gasteiger partial charge in [-0.2, -0.15) is 0 Å². The molecule has 1 aromatic carbocycles. The molecule has 16 heavy (non-hydrogen) atoms. The van der Waals surface area contributed by atoms with Crippen LogP contribution >= 0.6 is 15.9 Å². The Labute approximate surface area is 103 Å². The Kier molecular flexibility index (Phi) is 5.05. The summed E-state index contributed by atoms with van der Waals surface area (Å²) in [6, 6.07) is 5.49. The van der Waals surface area contributed by atoms with Crippen molar-refractivity contribution in [3.05, 3.63) is 34.3 Å². The van der Waals surface area contributed by atoms with Gasteiger partial charge in [0.2, 0.25) is 0 Å². The van der Waals surface area contributed by atoms with Crippen molar-refractivity contribution in [1.29, 1.82) is 0 Å². The zero-order valence-electron chi connectivity index (χ0n) is 8.94. The number of carbonyl (C=O) groups is 1. The summed E-state index contributed by atoms with van der Waals surface area (Å²) in [6.07, 6.45) is 3.57. The van der Waals surface area contributed by atoms with E-state index in [0.29, 0.717) is 6.61 Å². The Balaban J connectivity index is 2.85. The molecule has 0 radical (unpaired) electrons. The molecule has 0 aliphatic carbocycles. The Morgan fingerprint density at radius 3 is 2.94 bits per heavy atom. The molecule has 3 nitrogen and oxygen atoms in total. The van der Waals surface area contributed by atoms with Gasteiger partial charge in [-0.15, -0.1) is 0 Å². The molecule has 86 valence electrons. The molecule has 4 heteroatoms. The van der Waals surface area contributed by atoms with E-state index in [1.165, 1.54) is 6.08 Å². The first kappa shape index (κ1) is 12.8. The molecule has 0 fully saturated rings. The van der Waals surface area contributed by atoms with Gasteiger partial charge in [-0.1, -0.05) is 22.9 Å². The first-order valence-corrected chi connectivity index (χ1v) is 5.76. The van der Waals surface area contributed by atoms with Crippen molar-refractivity contribution in [2.24, 2.45) is 0 Å². The largest absolute Gasteiger partial charge is 0.494 e. The van der Waals surface area contributed by atoms with Gasteiger partial charge in [0.1, 0.15) is 5.75 Å². The van der Waals surface area contributed by atoms with Gasteiger partial charge >= 0.3 is 5.97 Å². The maximum absolute atomic E-state index is 10.4. The summed E-state index contributed by atoms with van der Waals surface area (Å²) in [4.78, 5) is 10.4. The third-order valence-electron chi connectivity index (χ3n) is 1.85. The molecule has 0 aliphatic heterocycles. The summed E-state index contributed by atoms with van der Waals surface area (Å²) in [7, 11) is 0. The van der Waals surface area contributed by atoms with Crippen LogP contribution in [0.25, 0.3) is 6.08 Å². The van der Waals surface area contributed by atoms with Crippen molar-refractivity contribution >= 4 is 28.0 Å². The fraction of sp³-hybridized carbons (Fsp3) is 0.250. The highest BCUT2D eigenvalue weighted by molar-refractivity contribution is 9.10. The summed E-state index contributed by atoms with van der Waals surface area (Å²) >= 11 is 3.35. The molecule has 0 spiro atoms. The van der Waals surface area contributed by atoms with Crippen LogP contribution in [0.15, 0.2) is 28.7 Å². The number of halogens is 1. The molecule has 0 heterocycles. The Morgan fingerprint density at radius 1 is 1.56 bits per heavy atom. The summed E-state index contributed by atoms with van der Waals surface area (Å²) < 4.78 is 6.30. The van der Waals surface area contributed by atoms with Gasteiger partial charge in [0.15, 0.2) is 0 Å². The normalized spacial score (nSPS) is 10.6. The predicted octanol–water partition coefficient (Wildman–Crippen LogP) is 3.34. The highest BCUT2D eigenvalue weighted by Gasteiger charge is 2.00. The van der Waals surface area contributed by atoms with Gasteiger partial charge in [0.25, 0.3) is 0 Å². The van der Waals surface area contributed by atoms with E-state index in [9.17, 15) is 4.79 Å². The fourth-order valence-corrected chi connectivity index (χ4v) is 1.50. The average molecular weight is 285 g/mol. The number of carboxylic acid groups (broad SMARTS) is 1. The van der Waals surface area contributed by atoms with Crippen molar-refractivity contribution in [2.75, 3.05) is 6.61 Å². The molecule has 0 amide bonds. The topological polar surface area (TPSA) is 46.5 Å². The van der Waals surface area contributed by atoms with Crippen LogP contribution in [0.2, 0.25) is 0 Å². The molecule has 0 atom stereocenters. The fourth-order valence-electron chi connectivity index (χ4n) is 1.12. The number of hydrogen-bond donors (Lipinski definition) is 1. The summed E-state index contributed by atoms with van der Waals surface area (Å²) in [5.74, 6) is -0.220. The molecule has 0 aromatic heterocycles. The second-order valence-electron chi connectivity index (χ2n) is 3.20. The summed E-state index contributed by atoms with van der Waals surface area (Å²) in [6.45, 7) is 2.69. The zero-order chi connectivity index (χ0) is 12.0. The third kappa shape index (κ3) is 4.06. The molecule has 0 bridgehead atoms. The highest BCUT2D eigenvalue weighted by Crippen LogP contribution is 2.23. The van der Waals surface area contributed by atoms with Gasteiger partial charge in [-0.05, 0) is 36.3 Å². The highest BCUT2D eigenvalue weighted by atomic mass is 79.9. The number of hydrogen-bond acceptors (Lipinski definition) is 2. The average Bonchev–Trinajstić information content (AvgIpc) is 2.26. The van der Waals surface area contributed by atoms with Gasteiger partial charge in [0.05, 0.1) is 6.61 Å². The quantitative estimate of drug-likeness (QED) is 0.844. The molecular weight excluding hydrogens is 272 g/mol. The smallest absolute Gasteiger partial charge is 0.328 e. The number of aliphatic carboxylic acids is 1. The maximum Gasteiger partial charge on any atom is 0.328 e. The molecule has 0 aliphatic rings. The molecule has 0 saturated heterocycles. The number of carboxylic acids is 1. The van der Waals surface area contributed by atoms with Gasteiger partial charge in [-0.3, -0.25) is 0 Å². The molecular formula is C12H13BrO3. The van der Waals surface area contributed by atoms with Crippen LogP contribution in [0.3, 0.4) is 0 Å². The number of ether oxygens (including phenoxy) is 1. The van der Waals surface area contributed by atoms with Crippen LogP contribution in [-0.2, 0) is 4.79 Å². The van der Waals surface area contributed by atoms with Crippen molar-refractivity contribution in [3.63, 3.8) is 0 Å². The maximum atomic E-state index is 10.4. The lowest BCUT2D eigenvalue weighted by molar-refractivity contribution is -0.131. The SMILES string of the molecule is CCCOc1ccc(Br)c(/C=C/C(=O)O)c1. The van der Waals surface area contributed by atoms with Crippen molar-refractivity contribution in [2.45, 2.75) is 13.3 Å². The Morgan fingerprint density at radius 2 is 2.31 bits per heavy atom. The van der Waals surface area contributed by atoms with Crippen LogP contribution < -0.4 is 4.74 Å². The zero-order valence-corrected chi connectivity index (χ0v) is 10.5. The molecule has 0 saturated carbocycles. The van der Waals surface area contributed by atoms with Crippen LogP contribution in [0.4, 0.5) is 0 Å². The standard InChI is InChI=1S/C12H13BrO3/c1-2-7-16-10-4-5-11(13)9(8-10)3-6-12(14)15/h3-6,8H,2,7H2,1H3,(H,14,15)/b6-3+. The van der Waals surface area contributed by atoms with Crippen LogP contribution in [0.5, 0.6) is 5.75 Å². The first-order valence-electron chi connectivity index (χ1n) is 4.97. The van der Waals surface area contributed by atoms with E-state index in [1.807, 2.05) is 19.1 Å². The van der Waals surface area contributed by atoms with E-state index in [1.54, 1.807) is 6.07 Å². The second kappa shape index (κ2) is 6.33. The monoisotopic (exact) mass is 284 g/mol. The van der Waals surface area contributed by atoms with Crippen molar-refractivity contribution < 1.29 is 14.6 Å². The van der Waals surface area contributed by atoms with E-state index >= 15 is 0 Å². The van der Waals surface area contributed by atoms with E-state index in [-0.39, 0.29) is 0 Å². The van der Waals surface area contributed by atoms with E-state index in [0.717, 1.165) is 28.3 Å². The number of benzene rings is 1. The minimum absolute atomic E-state index is 0.656. The van der Waals surface area contributed by atoms with E-state index in [4.69, 9.17) is 9.84 Å². The Hall–Kier alpha value is -1.29. The minimum atomic E-state index is -0.966. The van der Waals surface area contributed by atoms with Crippen molar-refractivity contribution in [1.82, 2.24) is 0 Å². The molecule has 1 N–H and O–H groups in total. The van der Waals surface area contributed by atoms with E-state index < -0.39 is 5.97 Å². The van der Waals surface area contributed by atoms with E-state index in [2.05, 4.69) is 15.9 Å². The molecule has 1 rings (SSSR count). The molecule has 1 aromatic rings. The van der Waals surface area contributed by atoms with Crippen molar-refractivity contribution in [3.8, 4) is 5.75 Å². The summed E-state index contributed by atoms with van der Waals surface area (Å²) in [5.41, 5.74) is 0.788. The van der Waals surface area contributed by atoms with Crippen LogP contribution in [-0.4, -0.2) is 17.7 Å². The first-order chi connectivity index (χ1) is 7.63. The summed E-state index contributed by atoms with van der Waals surface area (Å²) in [5, 5.41) is 8.54. The van der Waals surface area contributed by atoms with Crippen LogP contribution in [0, 0.1) is 0 Å². The van der Waals surface area contributed by atoms with Gasteiger partial charge in [0, 0.05) is 10.5 Å². The molecule has 0 unspecified atom stereocenters. The van der Waals surface area contributed by atoms with Gasteiger partial charge < -0.3 is 9.84 Å². The predicted molar refractivity (Wildman–Crippen MR) is 66.6 cm³/mol. The Bertz CT molecular complexity index is 399. The lowest BCUT2D eigenvalue weighted by Crippen LogP contribution is -1.95. The number of rotatable bonds is 5. The minimum Gasteiger partial charge on any atom is -0.494 e. The lowest BCUT2D eigenvalue weighted by atomic mass is 10.2. The third-order valence-corrected chi connectivity index (χ3v) is 2.57. The van der Waals surface area contributed by atoms with Gasteiger partial charge in [-0.25, -0.2) is 4.79 Å². The second-order valence-corrected chi connectivity index (χ2v) is 4.06. The van der Waals surface area contributed by atoms with Crippen LogP contribution in [0.1, 0.15) is 18.9 Å².